The van der Waals surface area contributed by atoms with Crippen molar-refractivity contribution in [3.05, 3.63) is 34.4 Å². The van der Waals surface area contributed by atoms with Crippen LogP contribution in [0.4, 0.5) is 11.4 Å². The summed E-state index contributed by atoms with van der Waals surface area (Å²) in [4.78, 5) is 33.0. The number of non-ortho nitro benzene ring substituents is 1. The lowest BCUT2D eigenvalue weighted by atomic mass is 10.1. The summed E-state index contributed by atoms with van der Waals surface area (Å²) in [6.07, 6.45) is 0. The Morgan fingerprint density at radius 1 is 1.25 bits per heavy atom. The summed E-state index contributed by atoms with van der Waals surface area (Å²) < 4.78 is 0. The number of nitrogens with zero attached hydrogens (tertiary/aromatic N) is 1. The predicted molar refractivity (Wildman–Crippen MR) is 71.0 cm³/mol. The van der Waals surface area contributed by atoms with Gasteiger partial charge in [0.25, 0.3) is 5.69 Å². The number of nitro benzene ring substituents is 1. The van der Waals surface area contributed by atoms with Crippen LogP contribution >= 0.6 is 0 Å². The van der Waals surface area contributed by atoms with Crippen molar-refractivity contribution in [2.45, 2.75) is 19.4 Å². The quantitative estimate of drug-likeness (QED) is 0.419. The Bertz CT molecular complexity index is 524. The van der Waals surface area contributed by atoms with Crippen LogP contribution in [0.3, 0.4) is 0 Å². The Labute approximate surface area is 114 Å². The summed E-state index contributed by atoms with van der Waals surface area (Å²) in [5, 5.41) is 24.1. The Kier molecular flexibility index (Phi) is 4.76. The molecule has 1 aromatic carbocycles. The number of nitro groups is 1. The molecular formula is C12H15N3O5. The van der Waals surface area contributed by atoms with Crippen LogP contribution in [-0.4, -0.2) is 34.0 Å². The zero-order chi connectivity index (χ0) is 15.3. The van der Waals surface area contributed by atoms with E-state index in [-0.39, 0.29) is 18.0 Å². The van der Waals surface area contributed by atoms with E-state index in [9.17, 15) is 19.7 Å². The highest BCUT2D eigenvalue weighted by molar-refractivity contribution is 6.39. The van der Waals surface area contributed by atoms with Crippen molar-refractivity contribution in [1.29, 1.82) is 0 Å². The summed E-state index contributed by atoms with van der Waals surface area (Å²) in [5.41, 5.74) is -0.768. The van der Waals surface area contributed by atoms with Gasteiger partial charge in [-0.1, -0.05) is 0 Å². The van der Waals surface area contributed by atoms with Gasteiger partial charge in [-0.15, -0.1) is 0 Å². The molecule has 0 aliphatic carbocycles. The van der Waals surface area contributed by atoms with Crippen LogP contribution in [0.25, 0.3) is 0 Å². The molecule has 0 radical (unpaired) electrons. The molecule has 0 saturated carbocycles. The van der Waals surface area contributed by atoms with Gasteiger partial charge in [0.15, 0.2) is 0 Å². The first-order chi connectivity index (χ1) is 9.25. The smallest absolute Gasteiger partial charge is 0.313 e. The van der Waals surface area contributed by atoms with Crippen molar-refractivity contribution in [1.82, 2.24) is 5.32 Å². The molecule has 0 spiro atoms. The van der Waals surface area contributed by atoms with E-state index in [1.54, 1.807) is 13.8 Å². The standard InChI is InChI=1S/C12H15N3O5/c1-12(2,7-16)14-11(18)10(17)13-8-3-5-9(6-4-8)15(19)20/h3-6,16H,7H2,1-2H3,(H,13,17)(H,14,18). The number of nitrogens with one attached hydrogen (secondary N) is 2. The Balaban J connectivity index is 2.66. The number of anilines is 1. The van der Waals surface area contributed by atoms with E-state index < -0.39 is 22.3 Å². The van der Waals surface area contributed by atoms with Crippen molar-refractivity contribution in [3.63, 3.8) is 0 Å². The van der Waals surface area contributed by atoms with Crippen molar-refractivity contribution < 1.29 is 19.6 Å². The van der Waals surface area contributed by atoms with Gasteiger partial charge < -0.3 is 15.7 Å². The lowest BCUT2D eigenvalue weighted by molar-refractivity contribution is -0.384. The van der Waals surface area contributed by atoms with Gasteiger partial charge in [-0.2, -0.15) is 0 Å². The summed E-state index contributed by atoms with van der Waals surface area (Å²) in [6.45, 7) is 2.80. The summed E-state index contributed by atoms with van der Waals surface area (Å²) in [7, 11) is 0. The van der Waals surface area contributed by atoms with Crippen LogP contribution in [0.2, 0.25) is 0 Å². The monoisotopic (exact) mass is 281 g/mol. The zero-order valence-electron chi connectivity index (χ0n) is 11.0. The third kappa shape index (κ3) is 4.32. The predicted octanol–water partition coefficient (Wildman–Crippen LogP) is 0.420. The highest BCUT2D eigenvalue weighted by atomic mass is 16.6. The highest BCUT2D eigenvalue weighted by Crippen LogP contribution is 2.15. The number of carbonyl (C=O) groups excluding carboxylic acids is 2. The maximum atomic E-state index is 11.6. The Hall–Kier alpha value is -2.48. The fourth-order valence-electron chi connectivity index (χ4n) is 1.26. The van der Waals surface area contributed by atoms with E-state index in [2.05, 4.69) is 10.6 Å². The number of aliphatic hydroxyl groups is 1. The number of rotatable bonds is 4. The minimum Gasteiger partial charge on any atom is -0.394 e. The van der Waals surface area contributed by atoms with E-state index in [1.165, 1.54) is 24.3 Å². The molecule has 2 amide bonds. The van der Waals surface area contributed by atoms with Gasteiger partial charge >= 0.3 is 11.8 Å². The number of hydrogen-bond acceptors (Lipinski definition) is 5. The van der Waals surface area contributed by atoms with Crippen molar-refractivity contribution in [3.8, 4) is 0 Å². The van der Waals surface area contributed by atoms with Gasteiger partial charge in [0, 0.05) is 17.8 Å². The van der Waals surface area contributed by atoms with Crippen LogP contribution in [0.1, 0.15) is 13.8 Å². The Morgan fingerprint density at radius 2 is 1.80 bits per heavy atom. The number of aliphatic hydroxyl groups excluding tert-OH is 1. The fraction of sp³-hybridized carbons (Fsp3) is 0.333. The second kappa shape index (κ2) is 6.11. The number of benzene rings is 1. The van der Waals surface area contributed by atoms with Crippen LogP contribution in [0, 0.1) is 10.1 Å². The number of hydrogen-bond donors (Lipinski definition) is 3. The minimum absolute atomic E-state index is 0.117. The second-order valence-corrected chi connectivity index (χ2v) is 4.75. The molecule has 0 aliphatic rings. The van der Waals surface area contributed by atoms with Crippen molar-refractivity contribution >= 4 is 23.2 Å². The van der Waals surface area contributed by atoms with Crippen LogP contribution in [-0.2, 0) is 9.59 Å². The molecule has 3 N–H and O–H groups in total. The van der Waals surface area contributed by atoms with Crippen LogP contribution < -0.4 is 10.6 Å². The molecule has 20 heavy (non-hydrogen) atoms. The SMILES string of the molecule is CC(C)(CO)NC(=O)C(=O)Nc1ccc([N+](=O)[O-])cc1. The van der Waals surface area contributed by atoms with Crippen LogP contribution in [0.15, 0.2) is 24.3 Å². The molecule has 108 valence electrons. The van der Waals surface area contributed by atoms with Gasteiger partial charge in [-0.3, -0.25) is 19.7 Å². The number of amides is 2. The molecule has 8 heteroatoms. The maximum Gasteiger partial charge on any atom is 0.313 e. The maximum absolute atomic E-state index is 11.6. The summed E-state index contributed by atoms with van der Waals surface area (Å²) >= 11 is 0. The number of carbonyl (C=O) groups is 2. The van der Waals surface area contributed by atoms with Gasteiger partial charge in [0.2, 0.25) is 0 Å². The van der Waals surface area contributed by atoms with E-state index in [0.717, 1.165) is 0 Å². The zero-order valence-corrected chi connectivity index (χ0v) is 11.0. The van der Waals surface area contributed by atoms with E-state index in [0.29, 0.717) is 0 Å². The molecule has 0 heterocycles. The van der Waals surface area contributed by atoms with E-state index >= 15 is 0 Å². The van der Waals surface area contributed by atoms with E-state index in [4.69, 9.17) is 5.11 Å². The lowest BCUT2D eigenvalue weighted by Crippen LogP contribution is -2.50. The average molecular weight is 281 g/mol. The molecular weight excluding hydrogens is 266 g/mol. The third-order valence-corrected chi connectivity index (χ3v) is 2.39. The van der Waals surface area contributed by atoms with Crippen molar-refractivity contribution in [2.24, 2.45) is 0 Å². The van der Waals surface area contributed by atoms with Crippen LogP contribution in [0.5, 0.6) is 0 Å². The van der Waals surface area contributed by atoms with Gasteiger partial charge in [0.1, 0.15) is 0 Å². The molecule has 0 unspecified atom stereocenters. The molecule has 0 saturated heterocycles. The molecule has 8 nitrogen and oxygen atoms in total. The van der Waals surface area contributed by atoms with Gasteiger partial charge in [0.05, 0.1) is 17.1 Å². The lowest BCUT2D eigenvalue weighted by Gasteiger charge is -2.22. The normalized spacial score (nSPS) is 10.8. The molecule has 0 aliphatic heterocycles. The first-order valence-corrected chi connectivity index (χ1v) is 5.74. The molecule has 0 bridgehead atoms. The molecule has 0 fully saturated rings. The second-order valence-electron chi connectivity index (χ2n) is 4.75. The topological polar surface area (TPSA) is 122 Å². The molecule has 0 aromatic heterocycles. The minimum atomic E-state index is -0.916. The van der Waals surface area contributed by atoms with Gasteiger partial charge in [-0.05, 0) is 26.0 Å². The first-order valence-electron chi connectivity index (χ1n) is 5.74. The molecule has 1 aromatic rings. The van der Waals surface area contributed by atoms with E-state index in [1.807, 2.05) is 0 Å². The highest BCUT2D eigenvalue weighted by Gasteiger charge is 2.23. The first kappa shape index (κ1) is 15.6. The average Bonchev–Trinajstić information content (AvgIpc) is 2.38. The molecule has 0 atom stereocenters. The molecule has 1 rings (SSSR count). The van der Waals surface area contributed by atoms with Crippen molar-refractivity contribution in [2.75, 3.05) is 11.9 Å². The fourth-order valence-corrected chi connectivity index (χ4v) is 1.26. The largest absolute Gasteiger partial charge is 0.394 e. The summed E-state index contributed by atoms with van der Waals surface area (Å²) in [6, 6.07) is 5.07. The third-order valence-electron chi connectivity index (χ3n) is 2.39. The summed E-state index contributed by atoms with van der Waals surface area (Å²) in [5.74, 6) is -1.82. The Morgan fingerprint density at radius 3 is 2.25 bits per heavy atom. The van der Waals surface area contributed by atoms with Gasteiger partial charge in [-0.25, -0.2) is 0 Å².